The van der Waals surface area contributed by atoms with Gasteiger partial charge in [0, 0.05) is 18.8 Å². The van der Waals surface area contributed by atoms with Crippen LogP contribution in [0.4, 0.5) is 5.69 Å². The highest BCUT2D eigenvalue weighted by Crippen LogP contribution is 2.40. The van der Waals surface area contributed by atoms with Gasteiger partial charge in [-0.2, -0.15) is 0 Å². The minimum atomic E-state index is -2.18. The predicted octanol–water partition coefficient (Wildman–Crippen LogP) is 4.68. The fourth-order valence-corrected chi connectivity index (χ4v) is 4.08. The van der Waals surface area contributed by atoms with Crippen molar-refractivity contribution in [3.05, 3.63) is 42.0 Å². The van der Waals surface area contributed by atoms with Gasteiger partial charge in [0.15, 0.2) is 6.73 Å². The minimum absolute atomic E-state index is 0.00229. The standard InChI is InChI=1S/C21H32N2O3Si/c1-21(2,3)27(4,5)26-18-19(24)23(17-12-8-6-9-13-17)16-25-20(18)22-14-10-7-11-15-22/h6,8-9,12-13H,7,10-11,14-16H2,1-5H3. The van der Waals surface area contributed by atoms with E-state index in [0.717, 1.165) is 31.6 Å². The number of anilines is 1. The van der Waals surface area contributed by atoms with E-state index in [0.29, 0.717) is 11.6 Å². The zero-order valence-electron chi connectivity index (χ0n) is 17.2. The summed E-state index contributed by atoms with van der Waals surface area (Å²) in [7, 11) is -2.18. The van der Waals surface area contributed by atoms with Crippen molar-refractivity contribution in [1.29, 1.82) is 0 Å². The molecule has 2 aliphatic heterocycles. The van der Waals surface area contributed by atoms with Crippen molar-refractivity contribution in [1.82, 2.24) is 4.90 Å². The number of carbonyl (C=O) groups is 1. The van der Waals surface area contributed by atoms with Crippen LogP contribution in [0.2, 0.25) is 18.1 Å². The quantitative estimate of drug-likeness (QED) is 0.702. The molecule has 0 unspecified atom stereocenters. The molecule has 1 amide bonds. The first-order valence-corrected chi connectivity index (χ1v) is 12.8. The molecule has 0 N–H and O–H groups in total. The summed E-state index contributed by atoms with van der Waals surface area (Å²) in [5.41, 5.74) is 0.830. The first-order valence-electron chi connectivity index (χ1n) is 9.89. The van der Waals surface area contributed by atoms with E-state index >= 15 is 0 Å². The molecule has 0 bridgehead atoms. The van der Waals surface area contributed by atoms with E-state index in [1.54, 1.807) is 4.90 Å². The molecule has 148 valence electrons. The van der Waals surface area contributed by atoms with Crippen LogP contribution in [0.25, 0.3) is 0 Å². The highest BCUT2D eigenvalue weighted by atomic mass is 28.4. The number of hydrogen-bond acceptors (Lipinski definition) is 4. The van der Waals surface area contributed by atoms with E-state index in [4.69, 9.17) is 9.16 Å². The van der Waals surface area contributed by atoms with E-state index < -0.39 is 8.32 Å². The number of rotatable bonds is 4. The molecular formula is C21H32N2O3Si. The van der Waals surface area contributed by atoms with Crippen molar-refractivity contribution in [3.8, 4) is 0 Å². The summed E-state index contributed by atoms with van der Waals surface area (Å²) in [6.07, 6.45) is 3.47. The number of benzene rings is 1. The fraction of sp³-hybridized carbons (Fsp3) is 0.571. The van der Waals surface area contributed by atoms with Gasteiger partial charge in [-0.25, -0.2) is 0 Å². The number of carbonyl (C=O) groups excluding carboxylic acids is 1. The van der Waals surface area contributed by atoms with Gasteiger partial charge in [0.1, 0.15) is 0 Å². The van der Waals surface area contributed by atoms with Crippen molar-refractivity contribution in [2.75, 3.05) is 24.7 Å². The second-order valence-corrected chi connectivity index (χ2v) is 13.6. The molecule has 1 saturated heterocycles. The number of nitrogens with zero attached hydrogens (tertiary/aromatic N) is 2. The Morgan fingerprint density at radius 1 is 1.04 bits per heavy atom. The summed E-state index contributed by atoms with van der Waals surface area (Å²) in [5, 5.41) is 0.00229. The average molecular weight is 389 g/mol. The molecule has 3 rings (SSSR count). The van der Waals surface area contributed by atoms with E-state index in [1.165, 1.54) is 6.42 Å². The maximum Gasteiger partial charge on any atom is 0.300 e. The molecule has 1 aromatic carbocycles. The monoisotopic (exact) mass is 388 g/mol. The lowest BCUT2D eigenvalue weighted by Gasteiger charge is -2.42. The number of piperidine rings is 1. The minimum Gasteiger partial charge on any atom is -0.536 e. The van der Waals surface area contributed by atoms with Crippen LogP contribution in [0.1, 0.15) is 40.0 Å². The van der Waals surface area contributed by atoms with E-state index in [-0.39, 0.29) is 17.7 Å². The van der Waals surface area contributed by atoms with Gasteiger partial charge in [0.05, 0.1) is 0 Å². The summed E-state index contributed by atoms with van der Waals surface area (Å²) in [6.45, 7) is 12.9. The second-order valence-electron chi connectivity index (χ2n) is 8.89. The third-order valence-corrected chi connectivity index (χ3v) is 10.2. The molecule has 0 atom stereocenters. The molecule has 5 nitrogen and oxygen atoms in total. The van der Waals surface area contributed by atoms with E-state index in [1.807, 2.05) is 30.3 Å². The Bertz CT molecular complexity index is 704. The number of ether oxygens (including phenoxy) is 1. The molecular weight excluding hydrogens is 356 g/mol. The first-order chi connectivity index (χ1) is 12.7. The highest BCUT2D eigenvalue weighted by Gasteiger charge is 2.44. The summed E-state index contributed by atoms with van der Waals surface area (Å²) >= 11 is 0. The second kappa shape index (κ2) is 7.58. The topological polar surface area (TPSA) is 42.0 Å². The normalized spacial score (nSPS) is 19.2. The van der Waals surface area contributed by atoms with Crippen molar-refractivity contribution in [2.45, 2.75) is 58.2 Å². The molecule has 0 aliphatic carbocycles. The Morgan fingerprint density at radius 2 is 1.67 bits per heavy atom. The fourth-order valence-electron chi connectivity index (χ4n) is 3.09. The van der Waals surface area contributed by atoms with Crippen molar-refractivity contribution < 1.29 is 14.0 Å². The van der Waals surface area contributed by atoms with Crippen LogP contribution in [0.15, 0.2) is 42.0 Å². The van der Waals surface area contributed by atoms with Crippen molar-refractivity contribution in [3.63, 3.8) is 0 Å². The van der Waals surface area contributed by atoms with Gasteiger partial charge < -0.3 is 14.1 Å². The lowest BCUT2D eigenvalue weighted by atomic mass is 10.1. The van der Waals surface area contributed by atoms with Crippen LogP contribution in [-0.2, 0) is 14.0 Å². The Balaban J connectivity index is 1.97. The molecule has 0 aromatic heterocycles. The molecule has 0 spiro atoms. The van der Waals surface area contributed by atoms with Gasteiger partial charge in [-0.15, -0.1) is 0 Å². The highest BCUT2D eigenvalue weighted by molar-refractivity contribution is 6.74. The molecule has 2 aliphatic rings. The van der Waals surface area contributed by atoms with Crippen molar-refractivity contribution in [2.24, 2.45) is 0 Å². The number of likely N-dealkylation sites (tertiary alicyclic amines) is 1. The van der Waals surface area contributed by atoms with E-state index in [9.17, 15) is 4.79 Å². The van der Waals surface area contributed by atoms with Crippen LogP contribution in [-0.4, -0.2) is 38.9 Å². The van der Waals surface area contributed by atoms with Gasteiger partial charge in [0.25, 0.3) is 14.2 Å². The Hall–Kier alpha value is -1.95. The maximum absolute atomic E-state index is 13.4. The lowest BCUT2D eigenvalue weighted by molar-refractivity contribution is -0.121. The Morgan fingerprint density at radius 3 is 2.26 bits per heavy atom. The average Bonchev–Trinajstić information content (AvgIpc) is 2.64. The number of amides is 1. The Labute approximate surface area is 164 Å². The smallest absolute Gasteiger partial charge is 0.300 e. The van der Waals surface area contributed by atoms with Crippen LogP contribution in [0.5, 0.6) is 0 Å². The largest absolute Gasteiger partial charge is 0.536 e. The number of hydrogen-bond donors (Lipinski definition) is 0. The molecule has 6 heteroatoms. The summed E-state index contributed by atoms with van der Waals surface area (Å²) < 4.78 is 12.7. The predicted molar refractivity (Wildman–Crippen MR) is 111 cm³/mol. The lowest BCUT2D eigenvalue weighted by Crippen LogP contribution is -2.49. The molecule has 27 heavy (non-hydrogen) atoms. The zero-order valence-corrected chi connectivity index (χ0v) is 18.2. The van der Waals surface area contributed by atoms with Crippen LogP contribution >= 0.6 is 0 Å². The molecule has 0 saturated carbocycles. The molecule has 2 heterocycles. The number of para-hydroxylation sites is 1. The van der Waals surface area contributed by atoms with Gasteiger partial charge in [0.2, 0.25) is 11.6 Å². The van der Waals surface area contributed by atoms with Gasteiger partial charge in [-0.3, -0.25) is 9.69 Å². The SMILES string of the molecule is CC(C)(C)[Si](C)(C)OC1=C(N2CCCCC2)OCN(c2ccccc2)C1=O. The summed E-state index contributed by atoms with van der Waals surface area (Å²) in [6, 6.07) is 9.66. The zero-order chi connectivity index (χ0) is 19.7. The van der Waals surface area contributed by atoms with Gasteiger partial charge in [-0.1, -0.05) is 39.0 Å². The van der Waals surface area contributed by atoms with Crippen LogP contribution in [0.3, 0.4) is 0 Å². The first kappa shape index (κ1) is 19.8. The van der Waals surface area contributed by atoms with Crippen LogP contribution < -0.4 is 4.90 Å². The summed E-state index contributed by atoms with van der Waals surface area (Å²) in [4.78, 5) is 17.3. The van der Waals surface area contributed by atoms with Gasteiger partial charge in [-0.05, 0) is 49.5 Å². The van der Waals surface area contributed by atoms with Crippen LogP contribution in [0, 0.1) is 0 Å². The van der Waals surface area contributed by atoms with Crippen molar-refractivity contribution >= 4 is 19.9 Å². The Kier molecular flexibility index (Phi) is 5.56. The third-order valence-electron chi connectivity index (χ3n) is 5.84. The molecule has 0 radical (unpaired) electrons. The summed E-state index contributed by atoms with van der Waals surface area (Å²) in [5.74, 6) is 0.924. The molecule has 1 aromatic rings. The molecule has 1 fully saturated rings. The van der Waals surface area contributed by atoms with E-state index in [2.05, 4.69) is 38.8 Å². The maximum atomic E-state index is 13.4. The third kappa shape index (κ3) is 4.15. The van der Waals surface area contributed by atoms with Gasteiger partial charge >= 0.3 is 0 Å².